The Morgan fingerprint density at radius 2 is 2.09 bits per heavy atom. The van der Waals surface area contributed by atoms with Crippen LogP contribution in [0.25, 0.3) is 22.3 Å². The van der Waals surface area contributed by atoms with E-state index in [0.717, 1.165) is 17.4 Å². The van der Waals surface area contributed by atoms with Gasteiger partial charge in [-0.3, -0.25) is 9.78 Å². The van der Waals surface area contributed by atoms with Crippen LogP contribution in [0.5, 0.6) is 5.75 Å². The van der Waals surface area contributed by atoms with Gasteiger partial charge in [-0.2, -0.15) is 0 Å². The minimum absolute atomic E-state index is 0. The SMILES string of the molecule is Cc1ccc2c(N3CC[C@@H](NC(=O)c4cccnc4)C3)nc(-c3c(O)cccc3F)nc2c1.[HH].[HH]. The van der Waals surface area contributed by atoms with E-state index < -0.39 is 5.82 Å². The molecule has 0 saturated carbocycles. The summed E-state index contributed by atoms with van der Waals surface area (Å²) >= 11 is 0. The summed E-state index contributed by atoms with van der Waals surface area (Å²) in [5.41, 5.74) is 2.17. The Morgan fingerprint density at radius 1 is 1.21 bits per heavy atom. The topological polar surface area (TPSA) is 91.2 Å². The summed E-state index contributed by atoms with van der Waals surface area (Å²) < 4.78 is 14.6. The van der Waals surface area contributed by atoms with Crippen LogP contribution in [-0.2, 0) is 0 Å². The summed E-state index contributed by atoms with van der Waals surface area (Å²) in [6.45, 7) is 3.18. The fraction of sp³-hybridized carbons (Fsp3) is 0.200. The van der Waals surface area contributed by atoms with Crippen LogP contribution in [0.3, 0.4) is 0 Å². The Morgan fingerprint density at radius 3 is 2.88 bits per heavy atom. The molecule has 4 aromatic rings. The third kappa shape index (κ3) is 4.07. The van der Waals surface area contributed by atoms with E-state index in [1.54, 1.807) is 18.3 Å². The molecule has 2 aromatic carbocycles. The van der Waals surface area contributed by atoms with Gasteiger partial charge in [-0.25, -0.2) is 14.4 Å². The second-order valence-corrected chi connectivity index (χ2v) is 8.17. The molecule has 2 N–H and O–H groups in total. The normalized spacial score (nSPS) is 15.7. The molecule has 33 heavy (non-hydrogen) atoms. The maximum absolute atomic E-state index is 14.6. The van der Waals surface area contributed by atoms with Gasteiger partial charge in [-0.05, 0) is 55.3 Å². The van der Waals surface area contributed by atoms with Crippen molar-refractivity contribution in [1.29, 1.82) is 0 Å². The number of halogens is 1. The molecule has 1 amide bonds. The number of amides is 1. The van der Waals surface area contributed by atoms with E-state index in [0.29, 0.717) is 30.0 Å². The zero-order chi connectivity index (χ0) is 22.9. The number of nitrogens with one attached hydrogen (secondary N) is 1. The maximum atomic E-state index is 14.6. The molecule has 1 saturated heterocycles. The minimum Gasteiger partial charge on any atom is -0.507 e. The van der Waals surface area contributed by atoms with Crippen LogP contribution in [0.1, 0.15) is 25.2 Å². The van der Waals surface area contributed by atoms with Crippen molar-refractivity contribution in [2.24, 2.45) is 0 Å². The van der Waals surface area contributed by atoms with Crippen LogP contribution < -0.4 is 10.2 Å². The molecule has 170 valence electrons. The van der Waals surface area contributed by atoms with E-state index in [2.05, 4.69) is 25.2 Å². The molecular weight excluding hydrogens is 421 g/mol. The number of anilines is 1. The summed E-state index contributed by atoms with van der Waals surface area (Å²) in [6, 6.07) is 13.4. The van der Waals surface area contributed by atoms with Crippen LogP contribution in [-0.4, -0.2) is 45.1 Å². The Balaban J connectivity index is 0.00000171. The van der Waals surface area contributed by atoms with Gasteiger partial charge in [-0.1, -0.05) is 12.1 Å². The van der Waals surface area contributed by atoms with Crippen molar-refractivity contribution in [1.82, 2.24) is 20.3 Å². The number of aromatic hydroxyl groups is 1. The number of pyridine rings is 1. The number of phenolic OH excluding ortho intramolecular Hbond substituents is 1. The van der Waals surface area contributed by atoms with Crippen molar-refractivity contribution in [3.05, 3.63) is 77.9 Å². The van der Waals surface area contributed by atoms with Crippen molar-refractivity contribution in [2.45, 2.75) is 19.4 Å². The molecule has 0 bridgehead atoms. The van der Waals surface area contributed by atoms with Gasteiger partial charge in [-0.15, -0.1) is 0 Å². The van der Waals surface area contributed by atoms with Gasteiger partial charge in [0, 0.05) is 39.8 Å². The van der Waals surface area contributed by atoms with Gasteiger partial charge >= 0.3 is 0 Å². The number of carbonyl (C=O) groups excluding carboxylic acids is 1. The lowest BCUT2D eigenvalue weighted by Crippen LogP contribution is -2.37. The van der Waals surface area contributed by atoms with Crippen LogP contribution >= 0.6 is 0 Å². The maximum Gasteiger partial charge on any atom is 0.253 e. The Labute approximate surface area is 192 Å². The highest BCUT2D eigenvalue weighted by Gasteiger charge is 2.28. The summed E-state index contributed by atoms with van der Waals surface area (Å²) in [7, 11) is 0. The molecule has 1 aliphatic heterocycles. The molecule has 0 radical (unpaired) electrons. The highest BCUT2D eigenvalue weighted by Crippen LogP contribution is 2.34. The van der Waals surface area contributed by atoms with Crippen molar-refractivity contribution in [3.63, 3.8) is 0 Å². The standard InChI is InChI=1S/C25H22FN5O2.2H2/c1-15-7-8-18-20(12-15)29-23(22-19(26)5-2-6-21(22)32)30-24(18)31-11-9-17(14-31)28-25(33)16-4-3-10-27-13-16;;/h2-8,10,12-13,17,32H,9,11,14H2,1H3,(H,28,33);2*1H/t17-;;/m1../s1. The molecule has 1 aliphatic rings. The van der Waals surface area contributed by atoms with E-state index in [4.69, 9.17) is 0 Å². The molecule has 2 aromatic heterocycles. The lowest BCUT2D eigenvalue weighted by Gasteiger charge is -2.21. The summed E-state index contributed by atoms with van der Waals surface area (Å²) in [4.78, 5) is 27.8. The third-order valence-corrected chi connectivity index (χ3v) is 5.79. The number of benzene rings is 2. The average Bonchev–Trinajstić information content (AvgIpc) is 3.27. The van der Waals surface area contributed by atoms with Gasteiger partial charge < -0.3 is 15.3 Å². The van der Waals surface area contributed by atoms with Crippen LogP contribution in [0.4, 0.5) is 10.2 Å². The number of aromatic nitrogens is 3. The number of carbonyl (C=O) groups is 1. The van der Waals surface area contributed by atoms with Crippen LogP contribution in [0.2, 0.25) is 0 Å². The fourth-order valence-electron chi connectivity index (χ4n) is 4.15. The summed E-state index contributed by atoms with van der Waals surface area (Å²) in [6.07, 6.45) is 3.90. The number of hydrogen-bond donors (Lipinski definition) is 2. The molecule has 8 heteroatoms. The van der Waals surface area contributed by atoms with E-state index in [9.17, 15) is 14.3 Å². The molecule has 7 nitrogen and oxygen atoms in total. The molecule has 0 unspecified atom stereocenters. The lowest BCUT2D eigenvalue weighted by atomic mass is 10.1. The van der Waals surface area contributed by atoms with Crippen molar-refractivity contribution in [3.8, 4) is 17.1 Å². The quantitative estimate of drug-likeness (QED) is 0.483. The number of nitrogens with zero attached hydrogens (tertiary/aromatic N) is 4. The first-order valence-electron chi connectivity index (χ1n) is 10.7. The first kappa shape index (κ1) is 20.8. The molecule has 3 heterocycles. The number of rotatable bonds is 4. The Kier molecular flexibility index (Phi) is 5.34. The number of phenols is 1. The van der Waals surface area contributed by atoms with Crippen molar-refractivity contribution >= 4 is 22.6 Å². The highest BCUT2D eigenvalue weighted by atomic mass is 19.1. The summed E-state index contributed by atoms with van der Waals surface area (Å²) in [5.74, 6) is -0.195. The molecule has 5 rings (SSSR count). The molecular formula is C25H26FN5O2. The second kappa shape index (κ2) is 8.46. The summed E-state index contributed by atoms with van der Waals surface area (Å²) in [5, 5.41) is 14.2. The first-order valence-corrected chi connectivity index (χ1v) is 10.7. The molecule has 0 aliphatic carbocycles. The molecule has 1 fully saturated rings. The smallest absolute Gasteiger partial charge is 0.253 e. The van der Waals surface area contributed by atoms with Gasteiger partial charge in [0.2, 0.25) is 0 Å². The van der Waals surface area contributed by atoms with Crippen LogP contribution in [0, 0.1) is 12.7 Å². The number of aryl methyl sites for hydroxylation is 1. The highest BCUT2D eigenvalue weighted by molar-refractivity contribution is 5.94. The number of fused-ring (bicyclic) bond motifs is 1. The molecule has 1 atom stereocenters. The predicted octanol–water partition coefficient (Wildman–Crippen LogP) is 4.35. The van der Waals surface area contributed by atoms with Crippen molar-refractivity contribution in [2.75, 3.05) is 18.0 Å². The Hall–Kier alpha value is -4.07. The monoisotopic (exact) mass is 447 g/mol. The van der Waals surface area contributed by atoms with E-state index in [1.807, 2.05) is 25.1 Å². The minimum atomic E-state index is -0.587. The molecule has 0 spiro atoms. The van der Waals surface area contributed by atoms with Gasteiger partial charge in [0.25, 0.3) is 5.91 Å². The van der Waals surface area contributed by atoms with Gasteiger partial charge in [0.15, 0.2) is 5.82 Å². The van der Waals surface area contributed by atoms with Gasteiger partial charge in [0.05, 0.1) is 16.6 Å². The average molecular weight is 448 g/mol. The van der Waals surface area contributed by atoms with E-state index in [-0.39, 0.29) is 31.9 Å². The largest absolute Gasteiger partial charge is 0.507 e. The Bertz CT molecular complexity index is 1340. The van der Waals surface area contributed by atoms with Gasteiger partial charge in [0.1, 0.15) is 17.4 Å². The fourth-order valence-corrected chi connectivity index (χ4v) is 4.15. The van der Waals surface area contributed by atoms with Crippen LogP contribution in [0.15, 0.2) is 60.9 Å². The first-order chi connectivity index (χ1) is 16.0. The zero-order valence-electron chi connectivity index (χ0n) is 18.0. The van der Waals surface area contributed by atoms with E-state index >= 15 is 0 Å². The number of hydrogen-bond acceptors (Lipinski definition) is 6. The lowest BCUT2D eigenvalue weighted by molar-refractivity contribution is 0.0940. The third-order valence-electron chi connectivity index (χ3n) is 5.79. The van der Waals surface area contributed by atoms with E-state index in [1.165, 1.54) is 24.4 Å². The zero-order valence-corrected chi connectivity index (χ0v) is 18.0. The predicted molar refractivity (Wildman–Crippen MR) is 128 cm³/mol. The second-order valence-electron chi connectivity index (χ2n) is 8.17. The van der Waals surface area contributed by atoms with Crippen molar-refractivity contribution < 1.29 is 17.1 Å².